The van der Waals surface area contributed by atoms with Crippen molar-refractivity contribution in [1.82, 2.24) is 14.9 Å². The second kappa shape index (κ2) is 10.3. The number of carbonyl (C=O) groups is 1. The van der Waals surface area contributed by atoms with Crippen molar-refractivity contribution >= 4 is 22.8 Å². The highest BCUT2D eigenvalue weighted by Gasteiger charge is 2.28. The molecule has 4 aromatic rings. The minimum Gasteiger partial charge on any atom is -0.352 e. The van der Waals surface area contributed by atoms with Gasteiger partial charge < -0.3 is 10.2 Å². The lowest BCUT2D eigenvalue weighted by atomic mass is 9.97. The summed E-state index contributed by atoms with van der Waals surface area (Å²) in [5.74, 6) is -0.405. The number of amides is 1. The first-order valence-corrected chi connectivity index (χ1v) is 12.3. The first kappa shape index (κ1) is 23.7. The molecule has 0 spiro atoms. The van der Waals surface area contributed by atoms with E-state index in [1.54, 1.807) is 22.8 Å². The minimum absolute atomic E-state index is 0.135. The molecule has 6 nitrogen and oxygen atoms in total. The zero-order valence-corrected chi connectivity index (χ0v) is 20.3. The predicted octanol–water partition coefficient (Wildman–Crippen LogP) is 4.43. The zero-order valence-electron chi connectivity index (χ0n) is 20.3. The lowest BCUT2D eigenvalue weighted by Gasteiger charge is -2.33. The number of para-hydroxylation sites is 2. The second-order valence-corrected chi connectivity index (χ2v) is 9.40. The number of nitrogens with zero attached hydrogens (tertiary/aromatic N) is 3. The molecule has 36 heavy (non-hydrogen) atoms. The van der Waals surface area contributed by atoms with Crippen molar-refractivity contribution in [2.45, 2.75) is 32.9 Å². The molecular weight excluding hydrogens is 455 g/mol. The van der Waals surface area contributed by atoms with Gasteiger partial charge in [0.05, 0.1) is 23.5 Å². The van der Waals surface area contributed by atoms with Crippen molar-refractivity contribution in [3.63, 3.8) is 0 Å². The SMILES string of the molecule is Cc1ccc(Cn2c(=O)c(N3CCC[C@H](C(=O)NCc4ccccc4F)C3)nc3ccccc32)cc1. The van der Waals surface area contributed by atoms with Crippen LogP contribution >= 0.6 is 0 Å². The Kier molecular flexibility index (Phi) is 6.80. The molecule has 0 saturated carbocycles. The smallest absolute Gasteiger partial charge is 0.294 e. The van der Waals surface area contributed by atoms with Gasteiger partial charge >= 0.3 is 0 Å². The first-order chi connectivity index (χ1) is 17.5. The van der Waals surface area contributed by atoms with Crippen LogP contribution < -0.4 is 15.8 Å². The predicted molar refractivity (Wildman–Crippen MR) is 139 cm³/mol. The summed E-state index contributed by atoms with van der Waals surface area (Å²) in [6.45, 7) is 3.67. The molecule has 2 heterocycles. The third kappa shape index (κ3) is 5.00. The van der Waals surface area contributed by atoms with Crippen molar-refractivity contribution in [2.75, 3.05) is 18.0 Å². The van der Waals surface area contributed by atoms with E-state index in [1.165, 1.54) is 11.6 Å². The van der Waals surface area contributed by atoms with Crippen molar-refractivity contribution in [1.29, 1.82) is 0 Å². The van der Waals surface area contributed by atoms with Gasteiger partial charge in [-0.2, -0.15) is 0 Å². The summed E-state index contributed by atoms with van der Waals surface area (Å²) in [7, 11) is 0. The van der Waals surface area contributed by atoms with Crippen LogP contribution in [0.3, 0.4) is 0 Å². The molecule has 7 heteroatoms. The summed E-state index contributed by atoms with van der Waals surface area (Å²) in [6, 6.07) is 22.2. The fourth-order valence-electron chi connectivity index (χ4n) is 4.77. The number of hydrogen-bond donors (Lipinski definition) is 1. The van der Waals surface area contributed by atoms with Gasteiger partial charge in [0.15, 0.2) is 5.82 Å². The van der Waals surface area contributed by atoms with Crippen molar-refractivity contribution in [2.24, 2.45) is 5.92 Å². The zero-order chi connectivity index (χ0) is 25.1. The summed E-state index contributed by atoms with van der Waals surface area (Å²) in [4.78, 5) is 33.3. The van der Waals surface area contributed by atoms with E-state index >= 15 is 0 Å². The van der Waals surface area contributed by atoms with Gasteiger partial charge in [-0.05, 0) is 43.5 Å². The number of piperidine rings is 1. The number of benzene rings is 3. The Morgan fingerprint density at radius 3 is 2.61 bits per heavy atom. The van der Waals surface area contributed by atoms with Gasteiger partial charge in [-0.1, -0.05) is 60.2 Å². The van der Waals surface area contributed by atoms with E-state index < -0.39 is 0 Å². The number of rotatable bonds is 6. The maximum atomic E-state index is 13.9. The molecule has 3 aromatic carbocycles. The van der Waals surface area contributed by atoms with E-state index in [1.807, 2.05) is 60.4 Å². The highest BCUT2D eigenvalue weighted by molar-refractivity contribution is 5.80. The normalized spacial score (nSPS) is 15.7. The van der Waals surface area contributed by atoms with Crippen LogP contribution in [-0.2, 0) is 17.9 Å². The monoisotopic (exact) mass is 484 g/mol. The standard InChI is InChI=1S/C29H29FN4O2/c1-20-12-14-21(15-13-20)18-34-26-11-5-4-10-25(26)32-27(29(34)36)33-16-6-8-23(19-33)28(35)31-17-22-7-2-3-9-24(22)30/h2-5,7,9-15,23H,6,8,16-19H2,1H3,(H,31,35)/t23-/m0/s1. The van der Waals surface area contributed by atoms with Crippen LogP contribution in [0.15, 0.2) is 77.6 Å². The maximum absolute atomic E-state index is 13.9. The summed E-state index contributed by atoms with van der Waals surface area (Å²) >= 11 is 0. The molecule has 1 aliphatic heterocycles. The Bertz CT molecular complexity index is 1450. The van der Waals surface area contributed by atoms with Crippen LogP contribution in [0.2, 0.25) is 0 Å². The molecule has 1 aliphatic rings. The lowest BCUT2D eigenvalue weighted by Crippen LogP contribution is -2.45. The Labute approximate surface area is 209 Å². The number of anilines is 1. The van der Waals surface area contributed by atoms with E-state index in [2.05, 4.69) is 5.32 Å². The average Bonchev–Trinajstić information content (AvgIpc) is 2.90. The Morgan fingerprint density at radius 1 is 1.06 bits per heavy atom. The Hall–Kier alpha value is -4.00. The Balaban J connectivity index is 1.40. The fraction of sp³-hybridized carbons (Fsp3) is 0.276. The number of carbonyl (C=O) groups excluding carboxylic acids is 1. The average molecular weight is 485 g/mol. The number of aryl methyl sites for hydroxylation is 1. The van der Waals surface area contributed by atoms with Crippen LogP contribution in [0.25, 0.3) is 11.0 Å². The van der Waals surface area contributed by atoms with Crippen LogP contribution in [0.5, 0.6) is 0 Å². The molecule has 1 amide bonds. The van der Waals surface area contributed by atoms with Crippen LogP contribution in [0, 0.1) is 18.7 Å². The number of nitrogens with one attached hydrogen (secondary N) is 1. The van der Waals surface area contributed by atoms with Crippen molar-refractivity contribution in [3.8, 4) is 0 Å². The maximum Gasteiger partial charge on any atom is 0.294 e. The second-order valence-electron chi connectivity index (χ2n) is 9.40. The van der Waals surface area contributed by atoms with Crippen molar-refractivity contribution in [3.05, 3.63) is 106 Å². The van der Waals surface area contributed by atoms with Crippen LogP contribution in [-0.4, -0.2) is 28.5 Å². The van der Waals surface area contributed by atoms with Crippen LogP contribution in [0.1, 0.15) is 29.5 Å². The van der Waals surface area contributed by atoms with Gasteiger partial charge in [-0.3, -0.25) is 14.2 Å². The Morgan fingerprint density at radius 2 is 1.81 bits per heavy atom. The summed E-state index contributed by atoms with van der Waals surface area (Å²) in [5, 5.41) is 2.86. The van der Waals surface area contributed by atoms with Gasteiger partial charge in [-0.25, -0.2) is 9.37 Å². The van der Waals surface area contributed by atoms with Crippen molar-refractivity contribution < 1.29 is 9.18 Å². The van der Waals surface area contributed by atoms with Gasteiger partial charge in [0.25, 0.3) is 5.56 Å². The van der Waals surface area contributed by atoms with E-state index in [0.29, 0.717) is 37.4 Å². The topological polar surface area (TPSA) is 67.2 Å². The number of fused-ring (bicyclic) bond motifs is 1. The van der Waals surface area contributed by atoms with Gasteiger partial charge in [0.2, 0.25) is 5.91 Å². The molecule has 1 N–H and O–H groups in total. The largest absolute Gasteiger partial charge is 0.352 e. The van der Waals surface area contributed by atoms with E-state index in [-0.39, 0.29) is 29.7 Å². The third-order valence-electron chi connectivity index (χ3n) is 6.80. The summed E-state index contributed by atoms with van der Waals surface area (Å²) < 4.78 is 15.7. The van der Waals surface area contributed by atoms with E-state index in [4.69, 9.17) is 4.98 Å². The molecule has 184 valence electrons. The van der Waals surface area contributed by atoms with Gasteiger partial charge in [0, 0.05) is 25.2 Å². The molecule has 1 fully saturated rings. The molecule has 1 atom stereocenters. The molecule has 0 radical (unpaired) electrons. The molecule has 5 rings (SSSR count). The quantitative estimate of drug-likeness (QED) is 0.440. The molecule has 0 unspecified atom stereocenters. The first-order valence-electron chi connectivity index (χ1n) is 12.3. The molecular formula is C29H29FN4O2. The summed E-state index contributed by atoms with van der Waals surface area (Å²) in [5.41, 5.74) is 4.01. The van der Waals surface area contributed by atoms with Gasteiger partial charge in [-0.15, -0.1) is 0 Å². The third-order valence-corrected chi connectivity index (χ3v) is 6.80. The van der Waals surface area contributed by atoms with Gasteiger partial charge in [0.1, 0.15) is 5.82 Å². The number of hydrogen-bond acceptors (Lipinski definition) is 4. The van der Waals surface area contributed by atoms with Crippen LogP contribution in [0.4, 0.5) is 10.2 Å². The van der Waals surface area contributed by atoms with E-state index in [0.717, 1.165) is 23.0 Å². The number of halogens is 1. The minimum atomic E-state index is -0.336. The molecule has 1 saturated heterocycles. The highest BCUT2D eigenvalue weighted by Crippen LogP contribution is 2.23. The highest BCUT2D eigenvalue weighted by atomic mass is 19.1. The lowest BCUT2D eigenvalue weighted by molar-refractivity contribution is -0.125. The van der Waals surface area contributed by atoms with E-state index in [9.17, 15) is 14.0 Å². The molecule has 0 bridgehead atoms. The fourth-order valence-corrected chi connectivity index (χ4v) is 4.77. The summed E-state index contributed by atoms with van der Waals surface area (Å²) in [6.07, 6.45) is 1.48. The number of aromatic nitrogens is 2. The molecule has 0 aliphatic carbocycles. The molecule has 1 aromatic heterocycles.